The molecule has 2 N–H and O–H groups in total. The lowest BCUT2D eigenvalue weighted by Crippen LogP contribution is -2.09. The maximum atomic E-state index is 5.95. The van der Waals surface area contributed by atoms with Crippen molar-refractivity contribution < 1.29 is 4.52 Å². The molecule has 96 valence electrons. The summed E-state index contributed by atoms with van der Waals surface area (Å²) in [6.45, 7) is 4.11. The first-order valence-electron chi connectivity index (χ1n) is 5.97. The second-order valence-corrected chi connectivity index (χ2v) is 5.17. The van der Waals surface area contributed by atoms with Crippen LogP contribution in [0.5, 0.6) is 0 Å². The zero-order valence-corrected chi connectivity index (χ0v) is 12.1. The zero-order chi connectivity index (χ0) is 13.1. The highest BCUT2D eigenvalue weighted by molar-refractivity contribution is 9.10. The van der Waals surface area contributed by atoms with Gasteiger partial charge in [-0.1, -0.05) is 46.6 Å². The van der Waals surface area contributed by atoms with Gasteiger partial charge in [0.2, 0.25) is 11.7 Å². The van der Waals surface area contributed by atoms with E-state index in [1.54, 1.807) is 0 Å². The summed E-state index contributed by atoms with van der Waals surface area (Å²) in [5, 5.41) is 3.97. The molecule has 0 spiro atoms. The fourth-order valence-corrected chi connectivity index (χ4v) is 2.05. The van der Waals surface area contributed by atoms with E-state index in [2.05, 4.69) is 33.0 Å². The van der Waals surface area contributed by atoms with E-state index in [0.29, 0.717) is 11.7 Å². The number of benzene rings is 1. The van der Waals surface area contributed by atoms with E-state index in [0.717, 1.165) is 22.9 Å². The Hall–Kier alpha value is -1.20. The van der Waals surface area contributed by atoms with Gasteiger partial charge in [0.25, 0.3) is 0 Å². The Morgan fingerprint density at radius 2 is 2.22 bits per heavy atom. The lowest BCUT2D eigenvalue weighted by Gasteiger charge is -2.02. The van der Waals surface area contributed by atoms with Crippen molar-refractivity contribution >= 4 is 15.9 Å². The molecule has 0 bridgehead atoms. The summed E-state index contributed by atoms with van der Waals surface area (Å²) < 4.78 is 6.23. The van der Waals surface area contributed by atoms with Crippen LogP contribution in [0.15, 0.2) is 27.2 Å². The van der Waals surface area contributed by atoms with E-state index in [9.17, 15) is 0 Å². The second-order valence-electron chi connectivity index (χ2n) is 4.32. The van der Waals surface area contributed by atoms with Gasteiger partial charge in [-0.05, 0) is 25.0 Å². The molecule has 1 aromatic heterocycles. The molecule has 1 atom stereocenters. The van der Waals surface area contributed by atoms with Crippen LogP contribution in [0.2, 0.25) is 0 Å². The summed E-state index contributed by atoms with van der Waals surface area (Å²) in [4.78, 5) is 4.35. The zero-order valence-electron chi connectivity index (χ0n) is 10.5. The average molecular weight is 310 g/mol. The molecule has 1 aromatic carbocycles. The Labute approximate surface area is 115 Å². The summed E-state index contributed by atoms with van der Waals surface area (Å²) in [5.41, 5.74) is 8.04. The van der Waals surface area contributed by atoms with Crippen molar-refractivity contribution in [1.82, 2.24) is 10.1 Å². The lowest BCUT2D eigenvalue weighted by molar-refractivity contribution is 0.348. The molecule has 18 heavy (non-hydrogen) atoms. The van der Waals surface area contributed by atoms with E-state index < -0.39 is 0 Å². The van der Waals surface area contributed by atoms with Gasteiger partial charge in [-0.15, -0.1) is 0 Å². The van der Waals surface area contributed by atoms with Crippen molar-refractivity contribution in [1.29, 1.82) is 0 Å². The predicted octanol–water partition coefficient (Wildman–Crippen LogP) is 3.61. The minimum atomic E-state index is -0.176. The molecule has 1 heterocycles. The van der Waals surface area contributed by atoms with Crippen LogP contribution in [-0.2, 0) is 0 Å². The van der Waals surface area contributed by atoms with Gasteiger partial charge < -0.3 is 10.3 Å². The third-order valence-corrected chi connectivity index (χ3v) is 3.64. The van der Waals surface area contributed by atoms with Gasteiger partial charge in [-0.3, -0.25) is 0 Å². The van der Waals surface area contributed by atoms with E-state index in [1.807, 2.05) is 25.1 Å². The first-order valence-corrected chi connectivity index (χ1v) is 6.76. The van der Waals surface area contributed by atoms with Crippen LogP contribution in [0.3, 0.4) is 0 Å². The van der Waals surface area contributed by atoms with Crippen LogP contribution in [0.4, 0.5) is 0 Å². The molecule has 0 aliphatic carbocycles. The minimum Gasteiger partial charge on any atom is -0.337 e. The van der Waals surface area contributed by atoms with Crippen LogP contribution in [0, 0.1) is 6.92 Å². The summed E-state index contributed by atoms with van der Waals surface area (Å²) in [7, 11) is 0. The SMILES string of the molecule is CCC[C@H](N)c1nc(-c2ccc(C)c(Br)c2)no1. The molecule has 0 amide bonds. The molecule has 0 aliphatic rings. The molecule has 0 radical (unpaired) electrons. The number of aromatic nitrogens is 2. The first kappa shape index (κ1) is 13.2. The maximum Gasteiger partial charge on any atom is 0.243 e. The Bertz CT molecular complexity index is 539. The number of aryl methyl sites for hydroxylation is 1. The third-order valence-electron chi connectivity index (χ3n) is 2.79. The standard InChI is InChI=1S/C13H16BrN3O/c1-3-4-11(15)13-16-12(17-18-13)9-6-5-8(2)10(14)7-9/h5-7,11H,3-4,15H2,1-2H3/t11-/m0/s1. The monoisotopic (exact) mass is 309 g/mol. The van der Waals surface area contributed by atoms with Crippen LogP contribution in [0.25, 0.3) is 11.4 Å². The van der Waals surface area contributed by atoms with Gasteiger partial charge in [0, 0.05) is 10.0 Å². The fourth-order valence-electron chi connectivity index (χ4n) is 1.67. The highest BCUT2D eigenvalue weighted by atomic mass is 79.9. The molecule has 4 nitrogen and oxygen atoms in total. The third kappa shape index (κ3) is 2.79. The van der Waals surface area contributed by atoms with Gasteiger partial charge in [0.05, 0.1) is 6.04 Å². The van der Waals surface area contributed by atoms with Crippen LogP contribution in [-0.4, -0.2) is 10.1 Å². The van der Waals surface area contributed by atoms with Crippen molar-refractivity contribution in [2.45, 2.75) is 32.7 Å². The predicted molar refractivity (Wildman–Crippen MR) is 74.0 cm³/mol. The van der Waals surface area contributed by atoms with Crippen molar-refractivity contribution in [2.75, 3.05) is 0 Å². The Balaban J connectivity index is 2.26. The van der Waals surface area contributed by atoms with Gasteiger partial charge in [0.15, 0.2) is 0 Å². The Morgan fingerprint density at radius 3 is 2.89 bits per heavy atom. The second kappa shape index (κ2) is 5.63. The molecule has 2 aromatic rings. The molecule has 0 aliphatic heterocycles. The smallest absolute Gasteiger partial charge is 0.243 e. The van der Waals surface area contributed by atoms with E-state index in [4.69, 9.17) is 10.3 Å². The van der Waals surface area contributed by atoms with Gasteiger partial charge in [-0.2, -0.15) is 4.98 Å². The number of halogens is 1. The normalized spacial score (nSPS) is 12.7. The minimum absolute atomic E-state index is 0.176. The highest BCUT2D eigenvalue weighted by Crippen LogP contribution is 2.25. The molecule has 0 fully saturated rings. The van der Waals surface area contributed by atoms with Gasteiger partial charge in [-0.25, -0.2) is 0 Å². The Morgan fingerprint density at radius 1 is 1.44 bits per heavy atom. The van der Waals surface area contributed by atoms with Crippen molar-refractivity contribution in [3.05, 3.63) is 34.1 Å². The van der Waals surface area contributed by atoms with Crippen molar-refractivity contribution in [3.8, 4) is 11.4 Å². The average Bonchev–Trinajstić information content (AvgIpc) is 2.82. The summed E-state index contributed by atoms with van der Waals surface area (Å²) in [6.07, 6.45) is 1.84. The van der Waals surface area contributed by atoms with E-state index in [1.165, 1.54) is 5.56 Å². The number of rotatable bonds is 4. The number of hydrogen-bond acceptors (Lipinski definition) is 4. The van der Waals surface area contributed by atoms with Crippen molar-refractivity contribution in [2.24, 2.45) is 5.73 Å². The first-order chi connectivity index (χ1) is 8.61. The van der Waals surface area contributed by atoms with Crippen molar-refractivity contribution in [3.63, 3.8) is 0 Å². The van der Waals surface area contributed by atoms with Gasteiger partial charge >= 0.3 is 0 Å². The quantitative estimate of drug-likeness (QED) is 0.937. The number of nitrogens with two attached hydrogens (primary N) is 1. The van der Waals surface area contributed by atoms with E-state index >= 15 is 0 Å². The van der Waals surface area contributed by atoms with Crippen LogP contribution >= 0.6 is 15.9 Å². The Kier molecular flexibility index (Phi) is 4.14. The molecular weight excluding hydrogens is 294 g/mol. The highest BCUT2D eigenvalue weighted by Gasteiger charge is 2.15. The largest absolute Gasteiger partial charge is 0.337 e. The van der Waals surface area contributed by atoms with E-state index in [-0.39, 0.29) is 6.04 Å². The fraction of sp³-hybridized carbons (Fsp3) is 0.385. The molecule has 0 saturated carbocycles. The maximum absolute atomic E-state index is 5.95. The number of nitrogens with zero attached hydrogens (tertiary/aromatic N) is 2. The summed E-state index contributed by atoms with van der Waals surface area (Å²) in [6, 6.07) is 5.79. The summed E-state index contributed by atoms with van der Waals surface area (Å²) >= 11 is 3.49. The molecule has 0 saturated heterocycles. The van der Waals surface area contributed by atoms with Gasteiger partial charge in [0.1, 0.15) is 0 Å². The van der Waals surface area contributed by atoms with Crippen LogP contribution in [0.1, 0.15) is 37.3 Å². The lowest BCUT2D eigenvalue weighted by atomic mass is 10.1. The summed E-state index contributed by atoms with van der Waals surface area (Å²) in [5.74, 6) is 1.08. The molecule has 0 unspecified atom stereocenters. The molecular formula is C13H16BrN3O. The topological polar surface area (TPSA) is 64.9 Å². The molecule has 2 rings (SSSR count). The molecule has 5 heteroatoms. The number of hydrogen-bond donors (Lipinski definition) is 1. The van der Waals surface area contributed by atoms with Crippen LogP contribution < -0.4 is 5.73 Å².